The minimum absolute atomic E-state index is 0.191. The van der Waals surface area contributed by atoms with Crippen LogP contribution in [0.2, 0.25) is 0 Å². The molecular weight excluding hydrogens is 368 g/mol. The maximum atomic E-state index is 12.6. The van der Waals surface area contributed by atoms with Crippen LogP contribution in [0.25, 0.3) is 0 Å². The predicted molar refractivity (Wildman–Crippen MR) is 111 cm³/mol. The normalized spacial score (nSPS) is 16.5. The van der Waals surface area contributed by atoms with Crippen molar-refractivity contribution in [3.63, 3.8) is 0 Å². The van der Waals surface area contributed by atoms with Gasteiger partial charge in [-0.3, -0.25) is 9.59 Å². The van der Waals surface area contributed by atoms with Gasteiger partial charge >= 0.3 is 0 Å². The minimum Gasteiger partial charge on any atom is -0.497 e. The van der Waals surface area contributed by atoms with Crippen LogP contribution in [0.3, 0.4) is 0 Å². The summed E-state index contributed by atoms with van der Waals surface area (Å²) < 4.78 is 10.8. The molecular formula is C23H28N2O4. The standard InChI is InChI=1S/C23H28N2O4/c1-17(25-22(27)18-6-4-3-5-7-18)21(26)24-16-23(12-14-29-15-13-23)19-8-10-20(28-2)11-9-19/h3-11,17H,12-16H2,1-2H3,(H,24,26)(H,25,27). The zero-order valence-corrected chi connectivity index (χ0v) is 16.9. The maximum absolute atomic E-state index is 12.6. The van der Waals surface area contributed by atoms with Crippen molar-refractivity contribution in [1.29, 1.82) is 0 Å². The largest absolute Gasteiger partial charge is 0.497 e. The van der Waals surface area contributed by atoms with Gasteiger partial charge < -0.3 is 20.1 Å². The fraction of sp³-hybridized carbons (Fsp3) is 0.391. The molecule has 154 valence electrons. The molecule has 1 saturated heterocycles. The fourth-order valence-electron chi connectivity index (χ4n) is 3.62. The highest BCUT2D eigenvalue weighted by Gasteiger charge is 2.35. The molecule has 0 aromatic heterocycles. The van der Waals surface area contributed by atoms with E-state index in [2.05, 4.69) is 22.8 Å². The zero-order chi connectivity index (χ0) is 20.7. The monoisotopic (exact) mass is 396 g/mol. The molecule has 1 fully saturated rings. The summed E-state index contributed by atoms with van der Waals surface area (Å²) in [5.74, 6) is 0.343. The third kappa shape index (κ3) is 5.15. The highest BCUT2D eigenvalue weighted by Crippen LogP contribution is 2.35. The summed E-state index contributed by atoms with van der Waals surface area (Å²) >= 11 is 0. The molecule has 0 radical (unpaired) electrons. The van der Waals surface area contributed by atoms with E-state index in [0.29, 0.717) is 25.3 Å². The molecule has 0 saturated carbocycles. The number of benzene rings is 2. The Morgan fingerprint density at radius 3 is 2.34 bits per heavy atom. The van der Waals surface area contributed by atoms with Crippen LogP contribution in [-0.4, -0.2) is 44.7 Å². The Balaban J connectivity index is 1.64. The lowest BCUT2D eigenvalue weighted by atomic mass is 9.74. The number of hydrogen-bond donors (Lipinski definition) is 2. The summed E-state index contributed by atoms with van der Waals surface area (Å²) in [7, 11) is 1.64. The highest BCUT2D eigenvalue weighted by atomic mass is 16.5. The summed E-state index contributed by atoms with van der Waals surface area (Å²) in [6.07, 6.45) is 1.65. The summed E-state index contributed by atoms with van der Waals surface area (Å²) in [6, 6.07) is 16.2. The van der Waals surface area contributed by atoms with Gasteiger partial charge in [0.2, 0.25) is 5.91 Å². The Hall–Kier alpha value is -2.86. The van der Waals surface area contributed by atoms with Gasteiger partial charge in [0, 0.05) is 30.7 Å². The third-order valence-corrected chi connectivity index (χ3v) is 5.53. The van der Waals surface area contributed by atoms with Gasteiger partial charge in [-0.25, -0.2) is 0 Å². The van der Waals surface area contributed by atoms with Crippen molar-refractivity contribution in [2.75, 3.05) is 26.9 Å². The Morgan fingerprint density at radius 2 is 1.72 bits per heavy atom. The Labute approximate surface area is 171 Å². The van der Waals surface area contributed by atoms with Crippen LogP contribution in [0.1, 0.15) is 35.7 Å². The first-order valence-corrected chi connectivity index (χ1v) is 9.90. The van der Waals surface area contributed by atoms with Crippen LogP contribution >= 0.6 is 0 Å². The van der Waals surface area contributed by atoms with Crippen molar-refractivity contribution < 1.29 is 19.1 Å². The molecule has 1 unspecified atom stereocenters. The van der Waals surface area contributed by atoms with E-state index in [0.717, 1.165) is 24.2 Å². The van der Waals surface area contributed by atoms with Crippen molar-refractivity contribution in [2.45, 2.75) is 31.2 Å². The van der Waals surface area contributed by atoms with Gasteiger partial charge in [0.05, 0.1) is 7.11 Å². The Kier molecular flexibility index (Phi) is 6.88. The molecule has 1 heterocycles. The molecule has 0 aliphatic carbocycles. The van der Waals surface area contributed by atoms with E-state index in [4.69, 9.17) is 9.47 Å². The van der Waals surface area contributed by atoms with Crippen LogP contribution in [0.15, 0.2) is 54.6 Å². The molecule has 0 spiro atoms. The van der Waals surface area contributed by atoms with Gasteiger partial charge in [0.25, 0.3) is 5.91 Å². The third-order valence-electron chi connectivity index (χ3n) is 5.53. The van der Waals surface area contributed by atoms with Gasteiger partial charge in [-0.15, -0.1) is 0 Å². The van der Waals surface area contributed by atoms with Gasteiger partial charge in [-0.05, 0) is 49.6 Å². The quantitative estimate of drug-likeness (QED) is 0.754. The smallest absolute Gasteiger partial charge is 0.251 e. The number of carbonyl (C=O) groups is 2. The number of carbonyl (C=O) groups excluding carboxylic acids is 2. The molecule has 0 bridgehead atoms. The number of amides is 2. The second kappa shape index (κ2) is 9.56. The van der Waals surface area contributed by atoms with Gasteiger partial charge in [0.15, 0.2) is 0 Å². The van der Waals surface area contributed by atoms with Gasteiger partial charge in [-0.1, -0.05) is 30.3 Å². The van der Waals surface area contributed by atoms with Crippen molar-refractivity contribution in [3.8, 4) is 5.75 Å². The minimum atomic E-state index is -0.629. The predicted octanol–water partition coefficient (Wildman–Crippen LogP) is 2.68. The van der Waals surface area contributed by atoms with E-state index < -0.39 is 6.04 Å². The number of ether oxygens (including phenoxy) is 2. The molecule has 3 rings (SSSR count). The van der Waals surface area contributed by atoms with Crippen molar-refractivity contribution in [3.05, 3.63) is 65.7 Å². The first kappa shape index (κ1) is 20.9. The number of methoxy groups -OCH3 is 1. The van der Waals surface area contributed by atoms with E-state index in [9.17, 15) is 9.59 Å². The molecule has 1 aliphatic rings. The van der Waals surface area contributed by atoms with Crippen molar-refractivity contribution >= 4 is 11.8 Å². The molecule has 2 aromatic carbocycles. The molecule has 2 amide bonds. The van der Waals surface area contributed by atoms with E-state index in [1.54, 1.807) is 38.3 Å². The maximum Gasteiger partial charge on any atom is 0.251 e. The fourth-order valence-corrected chi connectivity index (χ4v) is 3.62. The zero-order valence-electron chi connectivity index (χ0n) is 16.9. The van der Waals surface area contributed by atoms with E-state index in [1.807, 2.05) is 18.2 Å². The lowest BCUT2D eigenvalue weighted by Crippen LogP contribution is -2.50. The SMILES string of the molecule is COc1ccc(C2(CNC(=O)C(C)NC(=O)c3ccccc3)CCOCC2)cc1. The summed E-state index contributed by atoms with van der Waals surface area (Å²) in [5.41, 5.74) is 1.50. The van der Waals surface area contributed by atoms with Gasteiger partial charge in [0.1, 0.15) is 11.8 Å². The molecule has 2 aromatic rings. The Bertz CT molecular complexity index is 815. The highest BCUT2D eigenvalue weighted by molar-refractivity contribution is 5.97. The second-order valence-electron chi connectivity index (χ2n) is 7.40. The summed E-state index contributed by atoms with van der Waals surface area (Å²) in [6.45, 7) is 3.50. The van der Waals surface area contributed by atoms with E-state index in [-0.39, 0.29) is 17.2 Å². The lowest BCUT2D eigenvalue weighted by Gasteiger charge is -2.38. The van der Waals surface area contributed by atoms with Crippen LogP contribution in [0, 0.1) is 0 Å². The summed E-state index contributed by atoms with van der Waals surface area (Å²) in [4.78, 5) is 24.9. The number of rotatable bonds is 7. The second-order valence-corrected chi connectivity index (χ2v) is 7.40. The topological polar surface area (TPSA) is 76.7 Å². The number of nitrogens with one attached hydrogen (secondary N) is 2. The first-order chi connectivity index (χ1) is 14.0. The average molecular weight is 396 g/mol. The van der Waals surface area contributed by atoms with Crippen LogP contribution in [0.4, 0.5) is 0 Å². The van der Waals surface area contributed by atoms with E-state index >= 15 is 0 Å². The first-order valence-electron chi connectivity index (χ1n) is 9.90. The molecule has 6 heteroatoms. The average Bonchev–Trinajstić information content (AvgIpc) is 2.78. The van der Waals surface area contributed by atoms with Crippen LogP contribution in [0.5, 0.6) is 5.75 Å². The molecule has 2 N–H and O–H groups in total. The van der Waals surface area contributed by atoms with Gasteiger partial charge in [-0.2, -0.15) is 0 Å². The molecule has 1 atom stereocenters. The summed E-state index contributed by atoms with van der Waals surface area (Å²) in [5, 5.41) is 5.80. The molecule has 1 aliphatic heterocycles. The Morgan fingerprint density at radius 1 is 1.07 bits per heavy atom. The lowest BCUT2D eigenvalue weighted by molar-refractivity contribution is -0.123. The van der Waals surface area contributed by atoms with Crippen molar-refractivity contribution in [2.24, 2.45) is 0 Å². The molecule has 29 heavy (non-hydrogen) atoms. The van der Waals surface area contributed by atoms with Crippen molar-refractivity contribution in [1.82, 2.24) is 10.6 Å². The number of hydrogen-bond acceptors (Lipinski definition) is 4. The van der Waals surface area contributed by atoms with E-state index in [1.165, 1.54) is 0 Å². The molecule has 6 nitrogen and oxygen atoms in total. The van der Waals surface area contributed by atoms with Crippen LogP contribution < -0.4 is 15.4 Å². The van der Waals surface area contributed by atoms with Crippen LogP contribution in [-0.2, 0) is 14.9 Å².